The number of sulfonamides is 1. The van der Waals surface area contributed by atoms with Crippen LogP contribution in [0.1, 0.15) is 5.82 Å². The summed E-state index contributed by atoms with van der Waals surface area (Å²) in [4.78, 5) is 7.82. The van der Waals surface area contributed by atoms with Crippen LogP contribution in [0.2, 0.25) is 4.47 Å². The van der Waals surface area contributed by atoms with Crippen molar-refractivity contribution in [1.82, 2.24) is 18.8 Å². The van der Waals surface area contributed by atoms with E-state index in [1.807, 2.05) is 7.05 Å². The number of hydrogen-bond donors (Lipinski definition) is 0. The Morgan fingerprint density at radius 2 is 2.22 bits per heavy atom. The molecule has 0 bridgehead atoms. The van der Waals surface area contributed by atoms with Gasteiger partial charge < -0.3 is 4.57 Å². The van der Waals surface area contributed by atoms with Gasteiger partial charge in [0.25, 0.3) is 10.0 Å². The number of thiazole rings is 1. The van der Waals surface area contributed by atoms with Crippen molar-refractivity contribution in [1.29, 1.82) is 0 Å². The van der Waals surface area contributed by atoms with Gasteiger partial charge in [-0.15, -0.1) is 0 Å². The standard InChI is InChI=1S/C9H11ClN4O2S2/c1-13-4-3-11-7(13)6-14(2)18(15,16)8-5-12-9(10)17-8/h3-5H,6H2,1-2H3. The Labute approximate surface area is 114 Å². The second-order valence-corrected chi connectivity index (χ2v) is 7.53. The highest BCUT2D eigenvalue weighted by Crippen LogP contribution is 2.25. The quantitative estimate of drug-likeness (QED) is 0.855. The van der Waals surface area contributed by atoms with Crippen LogP contribution < -0.4 is 0 Å². The summed E-state index contributed by atoms with van der Waals surface area (Å²) in [5.41, 5.74) is 0. The van der Waals surface area contributed by atoms with E-state index in [1.165, 1.54) is 17.5 Å². The van der Waals surface area contributed by atoms with Crippen LogP contribution >= 0.6 is 22.9 Å². The smallest absolute Gasteiger partial charge is 0.254 e. The van der Waals surface area contributed by atoms with Gasteiger partial charge in [0.15, 0.2) is 8.68 Å². The SMILES string of the molecule is CN(Cc1nccn1C)S(=O)(=O)c1cnc(Cl)s1. The van der Waals surface area contributed by atoms with Crippen molar-refractivity contribution in [2.45, 2.75) is 10.8 Å². The first-order valence-corrected chi connectivity index (χ1v) is 7.58. The summed E-state index contributed by atoms with van der Waals surface area (Å²) in [6, 6.07) is 0. The molecule has 2 aromatic heterocycles. The first-order valence-electron chi connectivity index (χ1n) is 4.95. The van der Waals surface area contributed by atoms with Crippen LogP contribution in [0.4, 0.5) is 0 Å². The molecule has 0 N–H and O–H groups in total. The van der Waals surface area contributed by atoms with Crippen LogP contribution in [0, 0.1) is 0 Å². The van der Waals surface area contributed by atoms with Gasteiger partial charge in [-0.1, -0.05) is 22.9 Å². The summed E-state index contributed by atoms with van der Waals surface area (Å²) in [5, 5.41) is 0. The minimum Gasteiger partial charge on any atom is -0.337 e. The zero-order chi connectivity index (χ0) is 13.3. The molecule has 9 heteroatoms. The molecule has 0 atom stereocenters. The van der Waals surface area contributed by atoms with Crippen LogP contribution in [0.3, 0.4) is 0 Å². The summed E-state index contributed by atoms with van der Waals surface area (Å²) in [7, 11) is -0.250. The van der Waals surface area contributed by atoms with Gasteiger partial charge in [-0.2, -0.15) is 4.31 Å². The van der Waals surface area contributed by atoms with Gasteiger partial charge in [0.05, 0.1) is 12.7 Å². The Balaban J connectivity index is 2.23. The minimum absolute atomic E-state index is 0.129. The molecule has 0 amide bonds. The van der Waals surface area contributed by atoms with Gasteiger partial charge in [0.2, 0.25) is 0 Å². The van der Waals surface area contributed by atoms with Crippen molar-refractivity contribution in [2.24, 2.45) is 7.05 Å². The van der Waals surface area contributed by atoms with Crippen LogP contribution in [-0.4, -0.2) is 34.3 Å². The molecule has 0 radical (unpaired) electrons. The minimum atomic E-state index is -3.56. The van der Waals surface area contributed by atoms with Crippen molar-refractivity contribution in [3.8, 4) is 0 Å². The molecule has 2 heterocycles. The molecular weight excluding hydrogens is 296 g/mol. The van der Waals surface area contributed by atoms with Crippen molar-refractivity contribution < 1.29 is 8.42 Å². The van der Waals surface area contributed by atoms with Crippen LogP contribution in [-0.2, 0) is 23.6 Å². The Kier molecular flexibility index (Phi) is 3.71. The van der Waals surface area contributed by atoms with E-state index in [2.05, 4.69) is 9.97 Å². The van der Waals surface area contributed by atoms with Gasteiger partial charge in [-0.25, -0.2) is 18.4 Å². The Morgan fingerprint density at radius 1 is 1.50 bits per heavy atom. The van der Waals surface area contributed by atoms with E-state index in [-0.39, 0.29) is 15.2 Å². The number of aryl methyl sites for hydroxylation is 1. The highest BCUT2D eigenvalue weighted by atomic mass is 35.5. The molecule has 0 saturated heterocycles. The fourth-order valence-corrected chi connectivity index (χ4v) is 3.98. The molecule has 98 valence electrons. The third-order valence-corrected chi connectivity index (χ3v) is 5.76. The largest absolute Gasteiger partial charge is 0.337 e. The molecule has 0 aromatic carbocycles. The average molecular weight is 307 g/mol. The number of hydrogen-bond acceptors (Lipinski definition) is 5. The third-order valence-electron chi connectivity index (χ3n) is 2.41. The predicted molar refractivity (Wildman–Crippen MR) is 69.0 cm³/mol. The van der Waals surface area contributed by atoms with Crippen LogP contribution in [0.25, 0.3) is 0 Å². The molecule has 0 spiro atoms. The van der Waals surface area contributed by atoms with E-state index in [4.69, 9.17) is 11.6 Å². The van der Waals surface area contributed by atoms with Crippen LogP contribution in [0.15, 0.2) is 22.8 Å². The predicted octanol–water partition coefficient (Wildman–Crippen LogP) is 1.35. The number of aromatic nitrogens is 3. The van der Waals surface area contributed by atoms with E-state index < -0.39 is 10.0 Å². The number of rotatable bonds is 4. The molecule has 2 aromatic rings. The van der Waals surface area contributed by atoms with E-state index in [9.17, 15) is 8.42 Å². The van der Waals surface area contributed by atoms with Gasteiger partial charge in [-0.3, -0.25) is 0 Å². The lowest BCUT2D eigenvalue weighted by atomic mass is 10.6. The summed E-state index contributed by atoms with van der Waals surface area (Å²) in [6.07, 6.45) is 4.65. The van der Waals surface area contributed by atoms with Crippen LogP contribution in [0.5, 0.6) is 0 Å². The molecule has 0 aliphatic heterocycles. The lowest BCUT2D eigenvalue weighted by Crippen LogP contribution is -2.27. The molecular formula is C9H11ClN4O2S2. The first kappa shape index (κ1) is 13.5. The van der Waals surface area contributed by atoms with E-state index >= 15 is 0 Å². The third kappa shape index (κ3) is 2.56. The fraction of sp³-hybridized carbons (Fsp3) is 0.333. The van der Waals surface area contributed by atoms with E-state index in [0.717, 1.165) is 11.3 Å². The monoisotopic (exact) mass is 306 g/mol. The first-order chi connectivity index (χ1) is 8.41. The van der Waals surface area contributed by atoms with Gasteiger partial charge >= 0.3 is 0 Å². The molecule has 0 aliphatic rings. The van der Waals surface area contributed by atoms with Gasteiger partial charge in [0, 0.05) is 26.5 Å². The second-order valence-electron chi connectivity index (χ2n) is 3.65. The Bertz CT molecular complexity index is 649. The fourth-order valence-electron chi connectivity index (χ4n) is 1.34. The molecule has 0 saturated carbocycles. The highest BCUT2D eigenvalue weighted by molar-refractivity contribution is 7.91. The molecule has 18 heavy (non-hydrogen) atoms. The van der Waals surface area contributed by atoms with Crippen molar-refractivity contribution >= 4 is 33.0 Å². The molecule has 0 aliphatic carbocycles. The maximum Gasteiger partial charge on any atom is 0.254 e. The summed E-state index contributed by atoms with van der Waals surface area (Å²) >= 11 is 6.58. The zero-order valence-electron chi connectivity index (χ0n) is 9.74. The number of halogens is 1. The molecule has 0 fully saturated rings. The van der Waals surface area contributed by atoms with Crippen molar-refractivity contribution in [2.75, 3.05) is 7.05 Å². The Hall–Kier alpha value is -0.960. The molecule has 0 unspecified atom stereocenters. The molecule has 2 rings (SSSR count). The zero-order valence-corrected chi connectivity index (χ0v) is 12.1. The summed E-state index contributed by atoms with van der Waals surface area (Å²) in [5.74, 6) is 0.664. The lowest BCUT2D eigenvalue weighted by Gasteiger charge is -2.15. The second kappa shape index (κ2) is 4.96. The normalized spacial score (nSPS) is 12.2. The van der Waals surface area contributed by atoms with Gasteiger partial charge in [-0.05, 0) is 0 Å². The highest BCUT2D eigenvalue weighted by Gasteiger charge is 2.24. The maximum atomic E-state index is 12.2. The lowest BCUT2D eigenvalue weighted by molar-refractivity contribution is 0.452. The van der Waals surface area contributed by atoms with Gasteiger partial charge in [0.1, 0.15) is 5.82 Å². The summed E-state index contributed by atoms with van der Waals surface area (Å²) in [6.45, 7) is 0.196. The van der Waals surface area contributed by atoms with E-state index in [1.54, 1.807) is 17.0 Å². The van der Waals surface area contributed by atoms with Crippen molar-refractivity contribution in [3.63, 3.8) is 0 Å². The molecule has 6 nitrogen and oxygen atoms in total. The number of imidazole rings is 1. The topological polar surface area (TPSA) is 68.1 Å². The maximum absolute atomic E-state index is 12.2. The average Bonchev–Trinajstić information content (AvgIpc) is 2.89. The van der Waals surface area contributed by atoms with E-state index in [0.29, 0.717) is 5.82 Å². The van der Waals surface area contributed by atoms with Crippen molar-refractivity contribution in [3.05, 3.63) is 28.9 Å². The summed E-state index contributed by atoms with van der Waals surface area (Å²) < 4.78 is 27.7. The number of nitrogens with zero attached hydrogens (tertiary/aromatic N) is 4. The Morgan fingerprint density at radius 3 is 2.72 bits per heavy atom.